The Labute approximate surface area is 171 Å². The highest BCUT2D eigenvalue weighted by atomic mass is 16.5. The molecule has 4 N–H and O–H groups in total. The van der Waals surface area contributed by atoms with Gasteiger partial charge in [-0.25, -0.2) is 9.97 Å². The number of nitrogens with two attached hydrogens (primary N) is 2. The summed E-state index contributed by atoms with van der Waals surface area (Å²) in [6.07, 6.45) is 9.35. The third-order valence-electron chi connectivity index (χ3n) is 5.53. The van der Waals surface area contributed by atoms with E-state index in [1.807, 2.05) is 18.2 Å². The van der Waals surface area contributed by atoms with Gasteiger partial charge in [0.15, 0.2) is 0 Å². The van der Waals surface area contributed by atoms with Crippen molar-refractivity contribution >= 4 is 11.5 Å². The maximum Gasteiger partial charge on any atom is 0.226 e. The second kappa shape index (κ2) is 8.31. The molecule has 0 saturated carbocycles. The predicted molar refractivity (Wildman–Crippen MR) is 115 cm³/mol. The first kappa shape index (κ1) is 19.5. The third kappa shape index (κ3) is 4.31. The third-order valence-corrected chi connectivity index (χ3v) is 5.53. The Morgan fingerprint density at radius 3 is 2.38 bits per heavy atom. The van der Waals surface area contributed by atoms with Gasteiger partial charge in [0.2, 0.25) is 5.95 Å². The molecule has 1 fully saturated rings. The van der Waals surface area contributed by atoms with Gasteiger partial charge in [0.05, 0.1) is 24.3 Å². The zero-order valence-electron chi connectivity index (χ0n) is 17.0. The van der Waals surface area contributed by atoms with Gasteiger partial charge in [-0.05, 0) is 42.2 Å². The molecule has 0 amide bonds. The Morgan fingerprint density at radius 1 is 1.03 bits per heavy atom. The molecule has 152 valence electrons. The molecule has 0 radical (unpaired) electrons. The van der Waals surface area contributed by atoms with Crippen molar-refractivity contribution in [2.24, 2.45) is 17.4 Å². The molecule has 2 aromatic heterocycles. The highest BCUT2D eigenvalue weighted by Crippen LogP contribution is 2.34. The zero-order chi connectivity index (χ0) is 20.4. The average Bonchev–Trinajstić information content (AvgIpc) is 2.73. The van der Waals surface area contributed by atoms with Crippen LogP contribution in [0.15, 0.2) is 48.5 Å². The van der Waals surface area contributed by atoms with Crippen molar-refractivity contribution in [3.8, 4) is 11.3 Å². The van der Waals surface area contributed by atoms with Gasteiger partial charge in [0.1, 0.15) is 0 Å². The first-order chi connectivity index (χ1) is 14.0. The number of aromatic nitrogens is 3. The van der Waals surface area contributed by atoms with Gasteiger partial charge in [0, 0.05) is 49.6 Å². The Morgan fingerprint density at radius 2 is 1.72 bits per heavy atom. The van der Waals surface area contributed by atoms with Gasteiger partial charge in [0.25, 0.3) is 0 Å². The summed E-state index contributed by atoms with van der Waals surface area (Å²) in [5.41, 5.74) is 16.4. The smallest absolute Gasteiger partial charge is 0.226 e. The van der Waals surface area contributed by atoms with Crippen molar-refractivity contribution < 1.29 is 4.74 Å². The van der Waals surface area contributed by atoms with Gasteiger partial charge < -0.3 is 21.1 Å². The number of hydrogen-bond acceptors (Lipinski definition) is 7. The molecule has 1 aliphatic carbocycles. The molecule has 1 saturated heterocycles. The van der Waals surface area contributed by atoms with Gasteiger partial charge in [-0.15, -0.1) is 0 Å². The van der Waals surface area contributed by atoms with Crippen LogP contribution in [-0.2, 0) is 4.74 Å². The molecule has 1 aliphatic heterocycles. The molecule has 29 heavy (non-hydrogen) atoms. The van der Waals surface area contributed by atoms with Crippen LogP contribution in [0.5, 0.6) is 0 Å². The largest absolute Gasteiger partial charge is 0.501 e. The van der Waals surface area contributed by atoms with Crippen LogP contribution >= 0.6 is 0 Å². The molecule has 3 heterocycles. The van der Waals surface area contributed by atoms with E-state index < -0.39 is 0 Å². The quantitative estimate of drug-likeness (QED) is 0.823. The topological polar surface area (TPSA) is 103 Å². The fraction of sp³-hybridized carbons (Fsp3) is 0.409. The number of allylic oxidation sites excluding steroid dienone is 4. The van der Waals surface area contributed by atoms with Crippen LogP contribution in [0.1, 0.15) is 25.5 Å². The fourth-order valence-electron chi connectivity index (χ4n) is 4.05. The van der Waals surface area contributed by atoms with Crippen LogP contribution in [0, 0.1) is 5.92 Å². The summed E-state index contributed by atoms with van der Waals surface area (Å²) in [5.74, 6) is 1.96. The number of rotatable bonds is 4. The zero-order valence-corrected chi connectivity index (χ0v) is 17.0. The van der Waals surface area contributed by atoms with Crippen LogP contribution in [0.3, 0.4) is 0 Å². The highest BCUT2D eigenvalue weighted by molar-refractivity contribution is 5.72. The van der Waals surface area contributed by atoms with Gasteiger partial charge in [-0.3, -0.25) is 4.98 Å². The standard InChI is InChI=1S/C22H28N6O/c1-14-9-18(29-2)3-4-19(14)21-11-20(15-5-7-25-8-6-15)26-22(27-21)28-12-16(23)10-17(24)13-28/h3-8,11,14,16-17H,9-10,12-13,23-24H2,1-2H3/t14?,16-,17+. The summed E-state index contributed by atoms with van der Waals surface area (Å²) < 4.78 is 5.42. The molecule has 3 atom stereocenters. The molecular formula is C22H28N6O. The molecule has 4 rings (SSSR count). The highest BCUT2D eigenvalue weighted by Gasteiger charge is 2.26. The summed E-state index contributed by atoms with van der Waals surface area (Å²) in [5, 5.41) is 0. The van der Waals surface area contributed by atoms with E-state index in [4.69, 9.17) is 26.2 Å². The van der Waals surface area contributed by atoms with Gasteiger partial charge in [-0.2, -0.15) is 0 Å². The minimum atomic E-state index is 0.0235. The summed E-state index contributed by atoms with van der Waals surface area (Å²) >= 11 is 0. The van der Waals surface area contributed by atoms with Crippen molar-refractivity contribution in [2.45, 2.75) is 31.8 Å². The number of piperidine rings is 1. The Bertz CT molecular complexity index is 916. The van der Waals surface area contributed by atoms with Crippen LogP contribution in [-0.4, -0.2) is 47.2 Å². The first-order valence-electron chi connectivity index (χ1n) is 10.0. The summed E-state index contributed by atoms with van der Waals surface area (Å²) in [6, 6.07) is 6.03. The number of hydrogen-bond donors (Lipinski definition) is 2. The second-order valence-electron chi connectivity index (χ2n) is 7.90. The lowest BCUT2D eigenvalue weighted by Gasteiger charge is -2.35. The monoisotopic (exact) mass is 392 g/mol. The molecule has 0 bridgehead atoms. The van der Waals surface area contributed by atoms with E-state index in [-0.39, 0.29) is 12.1 Å². The van der Waals surface area contributed by atoms with Crippen LogP contribution < -0.4 is 16.4 Å². The summed E-state index contributed by atoms with van der Waals surface area (Å²) in [4.78, 5) is 16.0. The molecule has 0 aromatic carbocycles. The van der Waals surface area contributed by atoms with Gasteiger partial charge in [-0.1, -0.05) is 13.0 Å². The molecular weight excluding hydrogens is 364 g/mol. The van der Waals surface area contributed by atoms with Crippen LogP contribution in [0.25, 0.3) is 16.8 Å². The van der Waals surface area contributed by atoms with E-state index in [1.165, 1.54) is 5.57 Å². The number of methoxy groups -OCH3 is 1. The Balaban J connectivity index is 1.79. The van der Waals surface area contributed by atoms with E-state index >= 15 is 0 Å². The van der Waals surface area contributed by atoms with Crippen LogP contribution in [0.2, 0.25) is 0 Å². The van der Waals surface area contributed by atoms with Crippen molar-refractivity contribution in [1.29, 1.82) is 0 Å². The number of anilines is 1. The second-order valence-corrected chi connectivity index (χ2v) is 7.90. The normalized spacial score (nSPS) is 24.7. The number of pyridine rings is 1. The molecule has 7 nitrogen and oxygen atoms in total. The van der Waals surface area contributed by atoms with E-state index in [2.05, 4.69) is 29.0 Å². The van der Waals surface area contributed by atoms with Crippen molar-refractivity contribution in [3.63, 3.8) is 0 Å². The SMILES string of the molecule is COC1=CC=C(c2cc(-c3ccncc3)nc(N3C[C@H](N)C[C@H](N)C3)n2)C(C)C1. The Kier molecular flexibility index (Phi) is 5.60. The molecule has 7 heteroatoms. The average molecular weight is 393 g/mol. The lowest BCUT2D eigenvalue weighted by atomic mass is 9.89. The van der Waals surface area contributed by atoms with E-state index in [0.29, 0.717) is 25.0 Å². The van der Waals surface area contributed by atoms with E-state index in [1.54, 1.807) is 19.5 Å². The molecule has 2 aliphatic rings. The minimum absolute atomic E-state index is 0.0235. The van der Waals surface area contributed by atoms with E-state index in [0.717, 1.165) is 35.6 Å². The lowest BCUT2D eigenvalue weighted by molar-refractivity contribution is 0.268. The van der Waals surface area contributed by atoms with Crippen molar-refractivity contribution in [3.05, 3.63) is 54.2 Å². The van der Waals surface area contributed by atoms with Crippen LogP contribution in [0.4, 0.5) is 5.95 Å². The fourth-order valence-corrected chi connectivity index (χ4v) is 4.05. The Hall–Kier alpha value is -2.77. The molecule has 0 spiro atoms. The first-order valence-corrected chi connectivity index (χ1v) is 10.0. The maximum atomic E-state index is 6.22. The summed E-state index contributed by atoms with van der Waals surface area (Å²) in [7, 11) is 1.71. The summed E-state index contributed by atoms with van der Waals surface area (Å²) in [6.45, 7) is 3.60. The maximum absolute atomic E-state index is 6.22. The van der Waals surface area contributed by atoms with Crippen molar-refractivity contribution in [2.75, 3.05) is 25.1 Å². The molecule has 2 aromatic rings. The minimum Gasteiger partial charge on any atom is -0.501 e. The number of nitrogens with zero attached hydrogens (tertiary/aromatic N) is 4. The molecule has 1 unspecified atom stereocenters. The van der Waals surface area contributed by atoms with Gasteiger partial charge >= 0.3 is 0 Å². The van der Waals surface area contributed by atoms with E-state index in [9.17, 15) is 0 Å². The number of ether oxygens (including phenoxy) is 1. The van der Waals surface area contributed by atoms with Crippen molar-refractivity contribution in [1.82, 2.24) is 15.0 Å². The predicted octanol–water partition coefficient (Wildman–Crippen LogP) is 2.36. The lowest BCUT2D eigenvalue weighted by Crippen LogP contribution is -2.52.